The van der Waals surface area contributed by atoms with Crippen LogP contribution >= 0.6 is 0 Å². The van der Waals surface area contributed by atoms with Crippen molar-refractivity contribution in [2.75, 3.05) is 53.3 Å². The molecule has 25 atom stereocenters. The molecule has 0 aromatic rings. The van der Waals surface area contributed by atoms with E-state index < -0.39 is 252 Å². The summed E-state index contributed by atoms with van der Waals surface area (Å²) in [5.41, 5.74) is 0. The van der Waals surface area contributed by atoms with Gasteiger partial charge in [-0.1, -0.05) is 0 Å². The Hall–Kier alpha value is -2.56. The van der Waals surface area contributed by atoms with Crippen molar-refractivity contribution < 1.29 is 217 Å². The summed E-state index contributed by atoms with van der Waals surface area (Å²) in [7, 11) is -22.6. The summed E-state index contributed by atoms with van der Waals surface area (Å²) in [4.78, 5) is 37.7. The molecule has 5 heterocycles. The van der Waals surface area contributed by atoms with Crippen molar-refractivity contribution in [3.8, 4) is 0 Å². The van der Waals surface area contributed by atoms with Gasteiger partial charge in [-0.25, -0.2) is 57.8 Å². The SMILES string of the molecule is CNC1[C@@H](O)OC(COO[O-])[C@@H](O[C@@H]2OC(C(=O)[O-])[C@@H](COC[C@H]3OC(COO[O-])[C@@H](O[C@@H]4OC(C(=O)[O-])[C@@H](COC[C@H]5OC(COO[O-])[C@@H](O)[C@@H](O)C5NS(=O)(=O)[O-])[C@@H](O)C4O)[C@@H](OS(=O)(=O)[O-])C3NS(=O)(=O)[O-])[C@@H](O)C2OS(=O)(=O)[O-])[C@H]1O.O=S.O=S.O=S. The average Bonchev–Trinajstić information content (AvgIpc) is 0.869. The molecule has 5 aliphatic heterocycles. The zero-order valence-electron chi connectivity index (χ0n) is 44.8. The molecule has 49 nitrogen and oxygen atoms in total. The number of hydrogen-bond acceptors (Lipinski definition) is 50. The molecule has 0 aromatic heterocycles. The Morgan fingerprint density at radius 1 is 0.440 bits per heavy atom. The van der Waals surface area contributed by atoms with E-state index in [1.54, 1.807) is 0 Å². The van der Waals surface area contributed by atoms with Gasteiger partial charge in [-0.15, -0.1) is 0 Å². The number of ether oxygens (including phenoxy) is 9. The minimum atomic E-state index is -6.26. The molecule has 91 heavy (non-hydrogen) atoms. The van der Waals surface area contributed by atoms with E-state index in [2.05, 4.69) is 81.1 Å². The highest BCUT2D eigenvalue weighted by Gasteiger charge is 2.56. The summed E-state index contributed by atoms with van der Waals surface area (Å²) < 4.78 is 228. The maximum absolute atomic E-state index is 12.6. The van der Waals surface area contributed by atoms with Crippen LogP contribution in [0.25, 0.3) is 0 Å². The largest absolute Gasteiger partial charge is 0.735 e. The van der Waals surface area contributed by atoms with Crippen LogP contribution < -0.4 is 40.7 Å². The summed E-state index contributed by atoms with van der Waals surface area (Å²) in [6, 6.07) is -6.27. The second-order valence-corrected chi connectivity index (χ2v) is 22.8. The number of aliphatic carboxylic acids is 2. The zero-order chi connectivity index (χ0) is 69.7. The molecule has 5 aliphatic rings. The van der Waals surface area contributed by atoms with Gasteiger partial charge in [0, 0.05) is 11.8 Å². The fourth-order valence-electron chi connectivity index (χ4n) is 9.55. The van der Waals surface area contributed by atoms with Gasteiger partial charge in [0.1, 0.15) is 105 Å². The highest BCUT2D eigenvalue weighted by atomic mass is 32.3. The number of likely N-dealkylation sites (N-methyl/N-ethyl adjacent to an activating group) is 1. The molecule has 56 heteroatoms. The Kier molecular flexibility index (Phi) is 36.2. The van der Waals surface area contributed by atoms with Gasteiger partial charge in [-0.3, -0.25) is 23.5 Å². The lowest BCUT2D eigenvalue weighted by molar-refractivity contribution is -0.801. The smallest absolute Gasteiger partial charge is 0.218 e. The monoisotopic (exact) mass is 1470 g/mol. The molecule has 0 saturated carbocycles. The molecule has 5 saturated heterocycles. The lowest BCUT2D eigenvalue weighted by Gasteiger charge is -2.49. The van der Waals surface area contributed by atoms with Gasteiger partial charge >= 0.3 is 0 Å². The van der Waals surface area contributed by atoms with E-state index in [1.807, 2.05) is 0 Å². The first-order chi connectivity index (χ1) is 42.5. The lowest BCUT2D eigenvalue weighted by Crippen LogP contribution is -2.69. The number of carboxylic acids is 2. The number of aliphatic hydroxyl groups is 7. The molecule has 0 amide bonds. The fraction of sp³-hybridized carbons (Fsp3) is 0.943. The molecule has 0 aromatic carbocycles. The number of rotatable bonds is 32. The first-order valence-corrected chi connectivity index (χ1v) is 30.6. The van der Waals surface area contributed by atoms with E-state index in [0.29, 0.717) is 0 Å². The van der Waals surface area contributed by atoms with Crippen LogP contribution in [0.2, 0.25) is 0 Å². The van der Waals surface area contributed by atoms with Crippen molar-refractivity contribution >= 4 is 90.9 Å². The normalized spacial score (nSPS) is 37.3. The van der Waals surface area contributed by atoms with Gasteiger partial charge in [0.25, 0.3) is 0 Å². The third kappa shape index (κ3) is 25.1. The summed E-state index contributed by atoms with van der Waals surface area (Å²) in [5.74, 6) is -8.93. The number of hydrogen-bond donors (Lipinski definition) is 10. The lowest BCUT2D eigenvalue weighted by atomic mass is 9.88. The molecule has 10 N–H and O–H groups in total. The van der Waals surface area contributed by atoms with Gasteiger partial charge in [-0.2, -0.15) is 12.6 Å². The van der Waals surface area contributed by atoms with E-state index in [4.69, 9.17) is 55.3 Å². The number of carbonyl (C=O) groups is 2. The van der Waals surface area contributed by atoms with Crippen LogP contribution in [-0.2, 0) is 169 Å². The van der Waals surface area contributed by atoms with Crippen LogP contribution in [0.1, 0.15) is 0 Å². The maximum atomic E-state index is 12.6. The van der Waals surface area contributed by atoms with E-state index in [9.17, 15) is 123 Å². The first-order valence-electron chi connectivity index (χ1n) is 24.1. The fourth-order valence-corrected chi connectivity index (χ4v) is 11.8. The van der Waals surface area contributed by atoms with Crippen molar-refractivity contribution in [3.63, 3.8) is 0 Å². The van der Waals surface area contributed by atoms with E-state index in [0.717, 1.165) is 0 Å². The Morgan fingerprint density at radius 2 is 0.846 bits per heavy atom. The molecule has 10 unspecified atom stereocenters. The highest BCUT2D eigenvalue weighted by Crippen LogP contribution is 2.37. The molecule has 0 bridgehead atoms. The summed E-state index contributed by atoms with van der Waals surface area (Å²) in [5, 5.41) is 145. The van der Waals surface area contributed by atoms with Crippen LogP contribution in [0.3, 0.4) is 0 Å². The van der Waals surface area contributed by atoms with Gasteiger partial charge < -0.3 is 137 Å². The third-order valence-corrected chi connectivity index (χ3v) is 15.2. The van der Waals surface area contributed by atoms with Gasteiger partial charge in [0.15, 0.2) is 83.2 Å². The molecule has 5 fully saturated rings. The second kappa shape index (κ2) is 39.0. The standard InChI is InChI=1S/C35H61N3O43S4.3OS/c1-36-18-23(43)27(14(7-68-80-51)72-33(18)49)75-35-30(78-85(62,63)64)20(40)10(26(74-35)32(47)48)3-66-5-12-17(38-83(56,57)58)29(77-84(59,60)61)28(15(71-12)8-69-81-52)76-34-24(44)19(39)9(25(73-34)31(45)46)2-65-4-11-16(37-82(53,54)55)22(42)21(41)13(70-11)6-67-79-50;3*1-2/h9-30,33-44,49-52H,2-8H2,1H3,(H,45,46)(H,47,48)(H,53,54,55)(H,56,57,58)(H,59,60,61)(H,62,63,64);;;/p-9/t9-,10-,11+,12+,13?,14?,15?,16?,17?,18?,19+,20+,21+,22-,23-,24?,25?,26?,27+,28+,29-,30?,33-,34-,35-;;;/m0.../s1. The third-order valence-electron chi connectivity index (χ3n) is 13.2. The van der Waals surface area contributed by atoms with Gasteiger partial charge in [-0.05, 0) is 7.05 Å². The minimum Gasteiger partial charge on any atom is -0.735 e. The molecule has 0 aliphatic carbocycles. The van der Waals surface area contributed by atoms with Crippen molar-refractivity contribution in [3.05, 3.63) is 0 Å². The molecule has 0 radical (unpaired) electrons. The molecular formula is C35H52N3O46S7-9. The Morgan fingerprint density at radius 3 is 1.30 bits per heavy atom. The Labute approximate surface area is 526 Å². The second-order valence-electron chi connectivity index (χ2n) is 18.5. The van der Waals surface area contributed by atoms with Crippen molar-refractivity contribution in [2.45, 2.75) is 141 Å². The van der Waals surface area contributed by atoms with Gasteiger partial charge in [0.2, 0.25) is 20.8 Å². The van der Waals surface area contributed by atoms with Crippen molar-refractivity contribution in [1.82, 2.24) is 14.8 Å². The number of aliphatic hydroxyl groups excluding tert-OH is 7. The number of carboxylic acid groups (broad SMARTS) is 2. The highest BCUT2D eigenvalue weighted by molar-refractivity contribution is 7.84. The Balaban J connectivity index is 0.00000456. The van der Waals surface area contributed by atoms with Crippen molar-refractivity contribution in [1.29, 1.82) is 0 Å². The van der Waals surface area contributed by atoms with E-state index in [1.165, 1.54) is 16.5 Å². The van der Waals surface area contributed by atoms with Crippen LogP contribution in [-0.4, -0.2) is 306 Å². The zero-order valence-corrected chi connectivity index (χ0v) is 50.5. The topological polar surface area (TPSA) is 764 Å². The van der Waals surface area contributed by atoms with E-state index in [-0.39, 0.29) is 0 Å². The van der Waals surface area contributed by atoms with Crippen LogP contribution in [0.4, 0.5) is 0 Å². The van der Waals surface area contributed by atoms with Crippen LogP contribution in [0.5, 0.6) is 0 Å². The Bertz CT molecular complexity index is 2660. The maximum Gasteiger partial charge on any atom is 0.218 e. The molecule has 5 rings (SSSR count). The van der Waals surface area contributed by atoms with Crippen LogP contribution in [0.15, 0.2) is 0 Å². The summed E-state index contributed by atoms with van der Waals surface area (Å²) in [6.07, 6.45) is -46.9. The number of nitrogens with one attached hydrogen (secondary N) is 3. The molecule has 0 spiro atoms. The van der Waals surface area contributed by atoms with E-state index >= 15 is 0 Å². The predicted octanol–water partition coefficient (Wildman–Crippen LogP) is -19.8. The predicted molar refractivity (Wildman–Crippen MR) is 251 cm³/mol. The quantitative estimate of drug-likeness (QED) is 0.0129. The minimum absolute atomic E-state index is 0.940. The summed E-state index contributed by atoms with van der Waals surface area (Å²) in [6.45, 7) is -8.25. The number of carbonyl (C=O) groups excluding carboxylic acids is 2. The van der Waals surface area contributed by atoms with Gasteiger partial charge in [0.05, 0.1) is 68.7 Å². The molecule has 534 valence electrons. The molecular weight excluding hydrogens is 1420 g/mol. The first kappa shape index (κ1) is 84.5. The van der Waals surface area contributed by atoms with Crippen molar-refractivity contribution in [2.24, 2.45) is 11.8 Å². The summed E-state index contributed by atoms with van der Waals surface area (Å²) >= 11 is 8.50. The van der Waals surface area contributed by atoms with Crippen LogP contribution in [0, 0.1) is 11.8 Å². The average molecular weight is 1480 g/mol.